The molecule has 3 nitrogen and oxygen atoms in total. The molecule has 0 spiro atoms. The first-order valence-corrected chi connectivity index (χ1v) is 6.60. The number of hydrogen-bond donors (Lipinski definition) is 1. The Bertz CT molecular complexity index is 395. The van der Waals surface area contributed by atoms with Crippen molar-refractivity contribution in [3.8, 4) is 0 Å². The Morgan fingerprint density at radius 3 is 3.06 bits per heavy atom. The van der Waals surface area contributed by atoms with Crippen LogP contribution in [0.25, 0.3) is 0 Å². The third kappa shape index (κ3) is 2.82. The predicted octanol–water partition coefficient (Wildman–Crippen LogP) is 2.29. The smallest absolute Gasteiger partial charge is 0.129 e. The molecule has 100 valence electrons. The van der Waals surface area contributed by atoms with Gasteiger partial charge < -0.3 is 15.4 Å². The highest BCUT2D eigenvalue weighted by Gasteiger charge is 2.22. The zero-order chi connectivity index (χ0) is 13.0. The summed E-state index contributed by atoms with van der Waals surface area (Å²) >= 11 is 0. The molecule has 1 aromatic carbocycles. The van der Waals surface area contributed by atoms with Crippen LogP contribution in [0.1, 0.15) is 25.3 Å². The highest BCUT2D eigenvalue weighted by Crippen LogP contribution is 2.26. The number of benzene rings is 1. The summed E-state index contributed by atoms with van der Waals surface area (Å²) in [6.45, 7) is 4.74. The Kier molecular flexibility index (Phi) is 4.55. The molecule has 1 aromatic rings. The lowest BCUT2D eigenvalue weighted by atomic mass is 10.0. The fourth-order valence-corrected chi connectivity index (χ4v) is 2.57. The zero-order valence-electron chi connectivity index (χ0n) is 10.9. The molecule has 2 rings (SSSR count). The standard InChI is InChI=1S/C14H21FN2O/c1-2-18-11-5-4-8-17(10-11)14-7-3-6-13(15)12(14)9-16/h3,6-7,11H,2,4-5,8-10,16H2,1H3. The van der Waals surface area contributed by atoms with Gasteiger partial charge in [-0.3, -0.25) is 0 Å². The van der Waals surface area contributed by atoms with Gasteiger partial charge in [-0.15, -0.1) is 0 Å². The monoisotopic (exact) mass is 252 g/mol. The van der Waals surface area contributed by atoms with Crippen LogP contribution in [-0.4, -0.2) is 25.8 Å². The van der Waals surface area contributed by atoms with Crippen molar-refractivity contribution in [3.05, 3.63) is 29.6 Å². The number of anilines is 1. The van der Waals surface area contributed by atoms with Crippen LogP contribution in [0.5, 0.6) is 0 Å². The van der Waals surface area contributed by atoms with Crippen molar-refractivity contribution in [1.82, 2.24) is 0 Å². The van der Waals surface area contributed by atoms with Gasteiger partial charge in [-0.1, -0.05) is 6.07 Å². The number of rotatable bonds is 4. The van der Waals surface area contributed by atoms with E-state index < -0.39 is 0 Å². The topological polar surface area (TPSA) is 38.5 Å². The molecule has 18 heavy (non-hydrogen) atoms. The van der Waals surface area contributed by atoms with Crippen LogP contribution in [0, 0.1) is 5.82 Å². The van der Waals surface area contributed by atoms with Gasteiger partial charge in [-0.25, -0.2) is 4.39 Å². The van der Waals surface area contributed by atoms with E-state index in [1.54, 1.807) is 6.07 Å². The molecule has 1 fully saturated rings. The molecule has 4 heteroatoms. The summed E-state index contributed by atoms with van der Waals surface area (Å²) in [5.74, 6) is -0.214. The van der Waals surface area contributed by atoms with Crippen molar-refractivity contribution in [1.29, 1.82) is 0 Å². The first-order valence-electron chi connectivity index (χ1n) is 6.60. The lowest BCUT2D eigenvalue weighted by Gasteiger charge is -2.35. The van der Waals surface area contributed by atoms with Crippen LogP contribution in [-0.2, 0) is 11.3 Å². The molecule has 1 atom stereocenters. The van der Waals surface area contributed by atoms with E-state index in [9.17, 15) is 4.39 Å². The second-order valence-electron chi connectivity index (χ2n) is 4.61. The van der Waals surface area contributed by atoms with E-state index in [1.807, 2.05) is 13.0 Å². The van der Waals surface area contributed by atoms with Crippen LogP contribution in [0.15, 0.2) is 18.2 Å². The maximum absolute atomic E-state index is 13.7. The van der Waals surface area contributed by atoms with E-state index in [1.165, 1.54) is 6.07 Å². The van der Waals surface area contributed by atoms with Crippen LogP contribution >= 0.6 is 0 Å². The van der Waals surface area contributed by atoms with Crippen molar-refractivity contribution in [3.63, 3.8) is 0 Å². The Balaban J connectivity index is 2.18. The molecule has 1 aliphatic heterocycles. The van der Waals surface area contributed by atoms with Crippen molar-refractivity contribution < 1.29 is 9.13 Å². The maximum atomic E-state index is 13.7. The molecular weight excluding hydrogens is 231 g/mol. The lowest BCUT2D eigenvalue weighted by Crippen LogP contribution is -2.40. The highest BCUT2D eigenvalue weighted by molar-refractivity contribution is 5.54. The molecule has 1 unspecified atom stereocenters. The van der Waals surface area contributed by atoms with Crippen molar-refractivity contribution in [2.24, 2.45) is 5.73 Å². The molecule has 0 radical (unpaired) electrons. The number of ether oxygens (including phenoxy) is 1. The Morgan fingerprint density at radius 1 is 1.50 bits per heavy atom. The first kappa shape index (κ1) is 13.3. The van der Waals surface area contributed by atoms with E-state index in [0.717, 1.165) is 38.2 Å². The summed E-state index contributed by atoms with van der Waals surface area (Å²) in [5.41, 5.74) is 7.18. The predicted molar refractivity (Wildman–Crippen MR) is 71.2 cm³/mol. The van der Waals surface area contributed by atoms with Gasteiger partial charge in [0.05, 0.1) is 6.10 Å². The summed E-state index contributed by atoms with van der Waals surface area (Å²) in [7, 11) is 0. The number of nitrogens with zero attached hydrogens (tertiary/aromatic N) is 1. The first-order chi connectivity index (χ1) is 8.76. The molecule has 1 saturated heterocycles. The van der Waals surface area contributed by atoms with E-state index >= 15 is 0 Å². The SMILES string of the molecule is CCOC1CCCN(c2cccc(F)c2CN)C1. The van der Waals surface area contributed by atoms with Gasteiger partial charge in [0, 0.05) is 37.5 Å². The van der Waals surface area contributed by atoms with Gasteiger partial charge >= 0.3 is 0 Å². The summed E-state index contributed by atoms with van der Waals surface area (Å²) in [6.07, 6.45) is 2.40. The molecule has 1 aliphatic rings. The van der Waals surface area contributed by atoms with Crippen molar-refractivity contribution in [2.45, 2.75) is 32.4 Å². The molecule has 0 saturated carbocycles. The van der Waals surface area contributed by atoms with E-state index in [4.69, 9.17) is 10.5 Å². The number of halogens is 1. The number of hydrogen-bond acceptors (Lipinski definition) is 3. The van der Waals surface area contributed by atoms with Crippen molar-refractivity contribution >= 4 is 5.69 Å². The minimum absolute atomic E-state index is 0.214. The van der Waals surface area contributed by atoms with Gasteiger partial charge in [-0.05, 0) is 31.9 Å². The van der Waals surface area contributed by atoms with E-state index in [0.29, 0.717) is 5.56 Å². The van der Waals surface area contributed by atoms with E-state index in [2.05, 4.69) is 4.90 Å². The maximum Gasteiger partial charge on any atom is 0.129 e. The summed E-state index contributed by atoms with van der Waals surface area (Å²) in [4.78, 5) is 2.19. The van der Waals surface area contributed by atoms with E-state index in [-0.39, 0.29) is 18.5 Å². The molecule has 1 heterocycles. The highest BCUT2D eigenvalue weighted by atomic mass is 19.1. The normalized spacial score (nSPS) is 20.2. The van der Waals surface area contributed by atoms with Crippen molar-refractivity contribution in [2.75, 3.05) is 24.6 Å². The zero-order valence-corrected chi connectivity index (χ0v) is 10.9. The largest absolute Gasteiger partial charge is 0.377 e. The fraction of sp³-hybridized carbons (Fsp3) is 0.571. The molecule has 0 bridgehead atoms. The quantitative estimate of drug-likeness (QED) is 0.893. The summed E-state index contributed by atoms with van der Waals surface area (Å²) < 4.78 is 19.4. The Hall–Kier alpha value is -1.13. The Morgan fingerprint density at radius 2 is 2.33 bits per heavy atom. The molecular formula is C14H21FN2O. The minimum atomic E-state index is -0.214. The van der Waals surface area contributed by atoms with Crippen LogP contribution < -0.4 is 10.6 Å². The van der Waals surface area contributed by atoms with Gasteiger partial charge in [0.25, 0.3) is 0 Å². The summed E-state index contributed by atoms with van der Waals surface area (Å²) in [6, 6.07) is 5.16. The third-order valence-electron chi connectivity index (χ3n) is 3.42. The average molecular weight is 252 g/mol. The Labute approximate surface area is 108 Å². The third-order valence-corrected chi connectivity index (χ3v) is 3.42. The fourth-order valence-electron chi connectivity index (χ4n) is 2.57. The van der Waals surface area contributed by atoms with Gasteiger partial charge in [0.1, 0.15) is 5.82 Å². The number of piperidine rings is 1. The van der Waals surface area contributed by atoms with Crippen LogP contribution in [0.4, 0.5) is 10.1 Å². The van der Waals surface area contributed by atoms with Crippen LogP contribution in [0.2, 0.25) is 0 Å². The second kappa shape index (κ2) is 6.16. The molecule has 0 amide bonds. The molecule has 2 N–H and O–H groups in total. The average Bonchev–Trinajstić information content (AvgIpc) is 2.39. The van der Waals surface area contributed by atoms with Gasteiger partial charge in [0.15, 0.2) is 0 Å². The minimum Gasteiger partial charge on any atom is -0.377 e. The molecule has 0 aliphatic carbocycles. The van der Waals surface area contributed by atoms with Crippen LogP contribution in [0.3, 0.4) is 0 Å². The summed E-state index contributed by atoms with van der Waals surface area (Å²) in [5, 5.41) is 0. The lowest BCUT2D eigenvalue weighted by molar-refractivity contribution is 0.0526. The number of nitrogens with two attached hydrogens (primary N) is 1. The van der Waals surface area contributed by atoms with Gasteiger partial charge in [0.2, 0.25) is 0 Å². The molecule has 0 aromatic heterocycles. The van der Waals surface area contributed by atoms with Gasteiger partial charge in [-0.2, -0.15) is 0 Å². The second-order valence-corrected chi connectivity index (χ2v) is 4.61.